The van der Waals surface area contributed by atoms with Crippen LogP contribution in [0.2, 0.25) is 5.02 Å². The van der Waals surface area contributed by atoms with Crippen molar-refractivity contribution in [2.75, 3.05) is 5.32 Å². The van der Waals surface area contributed by atoms with Crippen molar-refractivity contribution in [2.45, 2.75) is 13.1 Å². The van der Waals surface area contributed by atoms with Crippen molar-refractivity contribution < 1.29 is 18.0 Å². The SMILES string of the molecule is Cc1cc(-n2ncc(C(=O)Nc3cnc(-n4nccn4)c(C#N)c3)c2C(F)(F)F)c(Cl)cn1. The molecule has 4 aromatic heterocycles. The largest absolute Gasteiger partial charge is 0.434 e. The van der Waals surface area contributed by atoms with Crippen molar-refractivity contribution in [2.24, 2.45) is 0 Å². The standard InChI is InChI=1S/C19H11ClF3N9O/c1-10-4-15(14(20)9-25-10)31-16(19(21,22)23)13(8-29-31)18(33)30-12-5-11(6-24)17(26-7-12)32-27-2-3-28-32/h2-5,7-9H,1H3,(H,30,33). The number of amides is 1. The summed E-state index contributed by atoms with van der Waals surface area (Å²) in [4.78, 5) is 21.8. The van der Waals surface area contributed by atoms with Crippen molar-refractivity contribution in [3.05, 3.63) is 70.7 Å². The Labute approximate surface area is 188 Å². The monoisotopic (exact) mass is 473 g/mol. The molecule has 0 aliphatic heterocycles. The summed E-state index contributed by atoms with van der Waals surface area (Å²) in [5.74, 6) is -1.02. The number of nitrogens with zero attached hydrogens (tertiary/aromatic N) is 8. The average molecular weight is 474 g/mol. The molecule has 14 heteroatoms. The molecule has 0 saturated heterocycles. The quantitative estimate of drug-likeness (QED) is 0.481. The van der Waals surface area contributed by atoms with Gasteiger partial charge < -0.3 is 5.32 Å². The molecule has 0 aromatic carbocycles. The van der Waals surface area contributed by atoms with Gasteiger partial charge in [-0.3, -0.25) is 9.78 Å². The number of carbonyl (C=O) groups excluding carboxylic acids is 1. The van der Waals surface area contributed by atoms with Crippen molar-refractivity contribution in [1.29, 1.82) is 5.26 Å². The molecule has 1 amide bonds. The van der Waals surface area contributed by atoms with Crippen molar-refractivity contribution in [3.8, 4) is 17.6 Å². The maximum Gasteiger partial charge on any atom is 0.434 e. The van der Waals surface area contributed by atoms with Gasteiger partial charge in [0.1, 0.15) is 11.6 Å². The first-order valence-electron chi connectivity index (χ1n) is 9.05. The second kappa shape index (κ2) is 8.32. The van der Waals surface area contributed by atoms with E-state index in [1.807, 2.05) is 6.07 Å². The summed E-state index contributed by atoms with van der Waals surface area (Å²) in [5.41, 5.74) is -1.76. The highest BCUT2D eigenvalue weighted by atomic mass is 35.5. The Morgan fingerprint density at radius 2 is 1.85 bits per heavy atom. The Bertz CT molecular complexity index is 1390. The first-order chi connectivity index (χ1) is 15.7. The van der Waals surface area contributed by atoms with Gasteiger partial charge in [0, 0.05) is 11.9 Å². The molecule has 0 bridgehead atoms. The Kier molecular flexibility index (Phi) is 5.52. The third-order valence-corrected chi connectivity index (χ3v) is 4.63. The van der Waals surface area contributed by atoms with E-state index in [9.17, 15) is 23.2 Å². The molecule has 0 aliphatic rings. The van der Waals surface area contributed by atoms with E-state index in [1.54, 1.807) is 6.92 Å². The van der Waals surface area contributed by atoms with Crippen LogP contribution in [-0.4, -0.2) is 40.6 Å². The molecule has 0 atom stereocenters. The van der Waals surface area contributed by atoms with Gasteiger partial charge in [-0.05, 0) is 19.1 Å². The van der Waals surface area contributed by atoms with Crippen molar-refractivity contribution in [1.82, 2.24) is 34.7 Å². The lowest BCUT2D eigenvalue weighted by Crippen LogP contribution is -2.21. The van der Waals surface area contributed by atoms with Gasteiger partial charge in [-0.2, -0.15) is 33.7 Å². The Morgan fingerprint density at radius 1 is 1.12 bits per heavy atom. The summed E-state index contributed by atoms with van der Waals surface area (Å²) in [6.07, 6.45) is 0.966. The molecule has 33 heavy (non-hydrogen) atoms. The Morgan fingerprint density at radius 3 is 2.52 bits per heavy atom. The molecule has 4 heterocycles. The fourth-order valence-corrected chi connectivity index (χ4v) is 3.14. The Hall–Kier alpha value is -4.31. The van der Waals surface area contributed by atoms with Crippen LogP contribution in [0.4, 0.5) is 18.9 Å². The van der Waals surface area contributed by atoms with E-state index in [0.29, 0.717) is 10.4 Å². The van der Waals surface area contributed by atoms with Gasteiger partial charge in [-0.15, -0.1) is 4.80 Å². The number of nitriles is 1. The zero-order chi connectivity index (χ0) is 23.8. The third-order valence-electron chi connectivity index (χ3n) is 4.34. The fraction of sp³-hybridized carbons (Fsp3) is 0.105. The predicted molar refractivity (Wildman–Crippen MR) is 108 cm³/mol. The third kappa shape index (κ3) is 4.23. The summed E-state index contributed by atoms with van der Waals surface area (Å²) < 4.78 is 42.3. The number of pyridine rings is 2. The number of alkyl halides is 3. The topological polar surface area (TPSA) is 127 Å². The lowest BCUT2D eigenvalue weighted by Gasteiger charge is -2.14. The van der Waals surface area contributed by atoms with Crippen LogP contribution in [0.3, 0.4) is 0 Å². The lowest BCUT2D eigenvalue weighted by molar-refractivity contribution is -0.143. The average Bonchev–Trinajstić information content (AvgIpc) is 3.45. The summed E-state index contributed by atoms with van der Waals surface area (Å²) in [7, 11) is 0. The van der Waals surface area contributed by atoms with Crippen LogP contribution in [0.5, 0.6) is 0 Å². The summed E-state index contributed by atoms with van der Waals surface area (Å²) in [6, 6.07) is 4.44. The van der Waals surface area contributed by atoms with Gasteiger partial charge in [0.25, 0.3) is 5.91 Å². The Balaban J connectivity index is 1.72. The van der Waals surface area contributed by atoms with E-state index in [4.69, 9.17) is 11.6 Å². The molecule has 0 unspecified atom stereocenters. The normalized spacial score (nSPS) is 11.3. The number of halogens is 4. The van der Waals surface area contributed by atoms with Gasteiger partial charge in [0.05, 0.1) is 46.7 Å². The van der Waals surface area contributed by atoms with Crippen LogP contribution in [0.25, 0.3) is 11.5 Å². The van der Waals surface area contributed by atoms with Crippen LogP contribution >= 0.6 is 11.6 Å². The van der Waals surface area contributed by atoms with Gasteiger partial charge in [0.2, 0.25) is 0 Å². The summed E-state index contributed by atoms with van der Waals surface area (Å²) in [5, 5.41) is 23.1. The second-order valence-electron chi connectivity index (χ2n) is 6.57. The van der Waals surface area contributed by atoms with Crippen LogP contribution in [-0.2, 0) is 6.18 Å². The fourth-order valence-electron chi connectivity index (χ4n) is 2.95. The molecule has 0 saturated carbocycles. The zero-order valence-corrected chi connectivity index (χ0v) is 17.3. The molecule has 166 valence electrons. The minimum absolute atomic E-state index is 0.00483. The summed E-state index contributed by atoms with van der Waals surface area (Å²) in [6.45, 7) is 1.58. The molecular weight excluding hydrogens is 463 g/mol. The number of aryl methyl sites for hydroxylation is 1. The molecule has 0 spiro atoms. The second-order valence-corrected chi connectivity index (χ2v) is 6.98. The van der Waals surface area contributed by atoms with Gasteiger partial charge in [0.15, 0.2) is 11.5 Å². The highest BCUT2D eigenvalue weighted by molar-refractivity contribution is 6.32. The summed E-state index contributed by atoms with van der Waals surface area (Å²) >= 11 is 6.02. The van der Waals surface area contributed by atoms with Crippen LogP contribution in [0.15, 0.2) is 43.1 Å². The van der Waals surface area contributed by atoms with E-state index in [0.717, 1.165) is 17.2 Å². The first kappa shape index (κ1) is 21.9. The van der Waals surface area contributed by atoms with Gasteiger partial charge in [-0.1, -0.05) is 11.6 Å². The van der Waals surface area contributed by atoms with Crippen molar-refractivity contribution >= 4 is 23.2 Å². The number of rotatable bonds is 4. The van der Waals surface area contributed by atoms with Crippen LogP contribution < -0.4 is 5.32 Å². The van der Waals surface area contributed by atoms with E-state index in [1.165, 1.54) is 30.7 Å². The maximum atomic E-state index is 13.9. The smallest absolute Gasteiger partial charge is 0.320 e. The van der Waals surface area contributed by atoms with E-state index in [2.05, 4.69) is 30.6 Å². The highest BCUT2D eigenvalue weighted by Crippen LogP contribution is 2.35. The minimum Gasteiger partial charge on any atom is -0.320 e. The first-order valence-corrected chi connectivity index (χ1v) is 9.42. The predicted octanol–water partition coefficient (Wildman–Crippen LogP) is 3.35. The minimum atomic E-state index is -4.94. The number of nitrogens with one attached hydrogen (secondary N) is 1. The lowest BCUT2D eigenvalue weighted by atomic mass is 10.2. The highest BCUT2D eigenvalue weighted by Gasteiger charge is 2.41. The molecular formula is C19H11ClF3N9O. The van der Waals surface area contributed by atoms with Crippen molar-refractivity contribution in [3.63, 3.8) is 0 Å². The van der Waals surface area contributed by atoms with E-state index < -0.39 is 23.3 Å². The molecule has 1 N–H and O–H groups in total. The number of anilines is 1. The van der Waals surface area contributed by atoms with Gasteiger partial charge >= 0.3 is 6.18 Å². The number of aromatic nitrogens is 7. The maximum absolute atomic E-state index is 13.9. The molecule has 0 radical (unpaired) electrons. The van der Waals surface area contributed by atoms with Crippen LogP contribution in [0, 0.1) is 18.3 Å². The molecule has 10 nitrogen and oxygen atoms in total. The molecule has 4 aromatic rings. The van der Waals surface area contributed by atoms with Crippen LogP contribution in [0.1, 0.15) is 27.3 Å². The zero-order valence-electron chi connectivity index (χ0n) is 16.5. The molecule has 0 aliphatic carbocycles. The number of hydrogen-bond acceptors (Lipinski definition) is 7. The van der Waals surface area contributed by atoms with Gasteiger partial charge in [-0.25, -0.2) is 9.67 Å². The van der Waals surface area contributed by atoms with E-state index >= 15 is 0 Å². The van der Waals surface area contributed by atoms with E-state index in [-0.39, 0.29) is 27.8 Å². The number of carbonyl (C=O) groups is 1. The number of hydrogen-bond donors (Lipinski definition) is 1. The molecule has 0 fully saturated rings. The molecule has 4 rings (SSSR count).